The molecule has 0 aliphatic carbocycles. The molecule has 0 aliphatic heterocycles. The number of ether oxygens (including phenoxy) is 1. The van der Waals surface area contributed by atoms with Gasteiger partial charge in [-0.1, -0.05) is 19.8 Å². The van der Waals surface area contributed by atoms with Crippen molar-refractivity contribution in [2.24, 2.45) is 11.7 Å². The van der Waals surface area contributed by atoms with E-state index in [4.69, 9.17) is 16.4 Å². The summed E-state index contributed by atoms with van der Waals surface area (Å²) >= 11 is 0. The fourth-order valence-corrected chi connectivity index (χ4v) is 1.67. The molecule has 0 saturated carbocycles. The number of rotatable bonds is 7. The molecule has 20 heavy (non-hydrogen) atoms. The van der Waals surface area contributed by atoms with Crippen molar-refractivity contribution in [2.45, 2.75) is 26.2 Å². The highest BCUT2D eigenvalue weighted by Crippen LogP contribution is 2.21. The Morgan fingerprint density at radius 2 is 1.85 bits per heavy atom. The summed E-state index contributed by atoms with van der Waals surface area (Å²) in [6.45, 7) is 2.55. The highest BCUT2D eigenvalue weighted by molar-refractivity contribution is 5.99. The van der Waals surface area contributed by atoms with Crippen molar-refractivity contribution in [2.75, 3.05) is 6.61 Å². The zero-order chi connectivity index (χ0) is 15.0. The predicted molar refractivity (Wildman–Crippen MR) is 74.8 cm³/mol. The normalized spacial score (nSPS) is 9.95. The molecule has 6 N–H and O–H groups in total. The molecule has 0 aromatic heterocycles. The number of nitrogens with two attached hydrogens (primary N) is 2. The van der Waals surface area contributed by atoms with Gasteiger partial charge in [0.1, 0.15) is 5.75 Å². The average molecular weight is 280 g/mol. The monoisotopic (exact) mass is 280 g/mol. The van der Waals surface area contributed by atoms with E-state index in [1.54, 1.807) is 0 Å². The predicted octanol–water partition coefficient (Wildman–Crippen LogP) is 0.463. The van der Waals surface area contributed by atoms with Gasteiger partial charge in [-0.05, 0) is 24.6 Å². The molecule has 1 rings (SSSR count). The highest BCUT2D eigenvalue weighted by Gasteiger charge is 2.14. The molecule has 2 amide bonds. The van der Waals surface area contributed by atoms with Gasteiger partial charge in [0, 0.05) is 5.56 Å². The Kier molecular flexibility index (Phi) is 6.48. The zero-order valence-corrected chi connectivity index (χ0v) is 11.4. The minimum Gasteiger partial charge on any atom is -0.493 e. The van der Waals surface area contributed by atoms with Gasteiger partial charge in [-0.25, -0.2) is 11.7 Å². The van der Waals surface area contributed by atoms with Gasteiger partial charge in [-0.3, -0.25) is 20.4 Å². The topological polar surface area (TPSA) is 119 Å². The zero-order valence-electron chi connectivity index (χ0n) is 11.4. The van der Waals surface area contributed by atoms with Gasteiger partial charge in [0.2, 0.25) is 0 Å². The van der Waals surface area contributed by atoms with E-state index in [9.17, 15) is 9.59 Å². The van der Waals surface area contributed by atoms with Crippen LogP contribution >= 0.6 is 0 Å². The maximum absolute atomic E-state index is 11.6. The largest absolute Gasteiger partial charge is 0.493 e. The van der Waals surface area contributed by atoms with Crippen LogP contribution in [0.2, 0.25) is 0 Å². The number of hydrazine groups is 2. The molecular weight excluding hydrogens is 260 g/mol. The number of carbonyl (C=O) groups excluding carboxylic acids is 2. The van der Waals surface area contributed by atoms with E-state index >= 15 is 0 Å². The van der Waals surface area contributed by atoms with E-state index in [1.807, 2.05) is 10.9 Å². The van der Waals surface area contributed by atoms with Crippen LogP contribution in [0.5, 0.6) is 5.75 Å². The lowest BCUT2D eigenvalue weighted by atomic mass is 10.1. The van der Waals surface area contributed by atoms with Crippen molar-refractivity contribution in [3.63, 3.8) is 0 Å². The van der Waals surface area contributed by atoms with Gasteiger partial charge < -0.3 is 4.74 Å². The Morgan fingerprint density at radius 1 is 1.15 bits per heavy atom. The quantitative estimate of drug-likeness (QED) is 0.250. The number of nitrogens with one attached hydrogen (secondary N) is 2. The number of benzene rings is 1. The van der Waals surface area contributed by atoms with Crippen LogP contribution in [-0.4, -0.2) is 18.4 Å². The molecule has 0 saturated heterocycles. The van der Waals surface area contributed by atoms with Gasteiger partial charge in [0.15, 0.2) is 0 Å². The molecule has 0 atom stereocenters. The van der Waals surface area contributed by atoms with Crippen molar-refractivity contribution < 1.29 is 14.3 Å². The van der Waals surface area contributed by atoms with Crippen LogP contribution in [0.3, 0.4) is 0 Å². The maximum Gasteiger partial charge on any atom is 0.268 e. The third-order valence-electron chi connectivity index (χ3n) is 2.76. The minimum atomic E-state index is -0.477. The summed E-state index contributed by atoms with van der Waals surface area (Å²) in [6, 6.07) is 4.42. The van der Waals surface area contributed by atoms with Crippen LogP contribution in [0.1, 0.15) is 46.9 Å². The smallest absolute Gasteiger partial charge is 0.268 e. The van der Waals surface area contributed by atoms with Crippen LogP contribution in [0.15, 0.2) is 18.2 Å². The molecule has 0 radical (unpaired) electrons. The standard InChI is InChI=1S/C13H20N4O3/c1-2-3-4-7-20-11-8-9(12(18)16-14)5-6-10(11)13(19)17-15/h5-6,8H,2-4,7,14-15H2,1H3,(H,16,18)(H,17,19). The lowest BCUT2D eigenvalue weighted by Crippen LogP contribution is -2.31. The molecule has 110 valence electrons. The molecule has 7 heteroatoms. The van der Waals surface area contributed by atoms with Crippen molar-refractivity contribution in [3.05, 3.63) is 29.3 Å². The fourth-order valence-electron chi connectivity index (χ4n) is 1.67. The van der Waals surface area contributed by atoms with E-state index in [0.717, 1.165) is 19.3 Å². The van der Waals surface area contributed by atoms with E-state index in [2.05, 4.69) is 6.92 Å². The Bertz CT molecular complexity index is 477. The molecular formula is C13H20N4O3. The summed E-state index contributed by atoms with van der Waals surface area (Å²) in [5.74, 6) is 9.58. The third-order valence-corrected chi connectivity index (χ3v) is 2.76. The Hall–Kier alpha value is -2.12. The molecule has 0 spiro atoms. The second-order valence-corrected chi connectivity index (χ2v) is 4.21. The first-order valence-electron chi connectivity index (χ1n) is 6.42. The number of nitrogen functional groups attached to an aromatic ring is 2. The lowest BCUT2D eigenvalue weighted by Gasteiger charge is -2.12. The van der Waals surface area contributed by atoms with E-state index in [-0.39, 0.29) is 5.56 Å². The molecule has 0 fully saturated rings. The molecule has 1 aromatic rings. The van der Waals surface area contributed by atoms with E-state index in [1.165, 1.54) is 18.2 Å². The van der Waals surface area contributed by atoms with Crippen molar-refractivity contribution in [1.82, 2.24) is 10.9 Å². The van der Waals surface area contributed by atoms with Crippen molar-refractivity contribution >= 4 is 11.8 Å². The second-order valence-electron chi connectivity index (χ2n) is 4.21. The highest BCUT2D eigenvalue weighted by atomic mass is 16.5. The van der Waals surface area contributed by atoms with Crippen LogP contribution in [0.4, 0.5) is 0 Å². The van der Waals surface area contributed by atoms with Gasteiger partial charge in [-0.2, -0.15) is 0 Å². The summed E-state index contributed by atoms with van der Waals surface area (Å²) < 4.78 is 5.56. The molecule has 0 unspecified atom stereocenters. The van der Waals surface area contributed by atoms with Crippen LogP contribution in [0.25, 0.3) is 0 Å². The van der Waals surface area contributed by atoms with Crippen molar-refractivity contribution in [1.29, 1.82) is 0 Å². The van der Waals surface area contributed by atoms with Gasteiger partial charge in [-0.15, -0.1) is 0 Å². The second kappa shape index (κ2) is 8.13. The molecule has 0 aliphatic rings. The van der Waals surface area contributed by atoms with E-state index < -0.39 is 11.8 Å². The summed E-state index contributed by atoms with van der Waals surface area (Å²) in [4.78, 5) is 23.1. The van der Waals surface area contributed by atoms with Crippen LogP contribution in [-0.2, 0) is 0 Å². The molecule has 0 heterocycles. The molecule has 0 bridgehead atoms. The fraction of sp³-hybridized carbons (Fsp3) is 0.385. The first kappa shape index (κ1) is 15.9. The van der Waals surface area contributed by atoms with E-state index in [0.29, 0.717) is 17.9 Å². The lowest BCUT2D eigenvalue weighted by molar-refractivity contribution is 0.0938. The van der Waals surface area contributed by atoms with Gasteiger partial charge in [0.05, 0.1) is 12.2 Å². The van der Waals surface area contributed by atoms with Gasteiger partial charge >= 0.3 is 0 Å². The first-order chi connectivity index (χ1) is 9.63. The summed E-state index contributed by atoms with van der Waals surface area (Å²) in [5.41, 5.74) is 4.66. The summed E-state index contributed by atoms with van der Waals surface area (Å²) in [6.07, 6.45) is 2.96. The minimum absolute atomic E-state index is 0.276. The molecule has 7 nitrogen and oxygen atoms in total. The Morgan fingerprint density at radius 3 is 2.45 bits per heavy atom. The van der Waals surface area contributed by atoms with Gasteiger partial charge in [0.25, 0.3) is 11.8 Å². The number of amides is 2. The average Bonchev–Trinajstić information content (AvgIpc) is 2.49. The number of carbonyl (C=O) groups is 2. The SMILES string of the molecule is CCCCCOc1cc(C(=O)NN)ccc1C(=O)NN. The third kappa shape index (κ3) is 4.22. The van der Waals surface area contributed by atoms with Crippen LogP contribution in [0, 0.1) is 0 Å². The Labute approximate surface area is 117 Å². The number of hydrogen-bond acceptors (Lipinski definition) is 5. The molecule has 1 aromatic carbocycles. The number of hydrogen-bond donors (Lipinski definition) is 4. The maximum atomic E-state index is 11.6. The van der Waals surface area contributed by atoms with Crippen LogP contribution < -0.4 is 27.3 Å². The summed E-state index contributed by atoms with van der Waals surface area (Å²) in [7, 11) is 0. The number of unbranched alkanes of at least 4 members (excludes halogenated alkanes) is 2. The Balaban J connectivity index is 2.94. The first-order valence-corrected chi connectivity index (χ1v) is 6.42. The summed E-state index contributed by atoms with van der Waals surface area (Å²) in [5, 5.41) is 0. The van der Waals surface area contributed by atoms with Crippen molar-refractivity contribution in [3.8, 4) is 5.75 Å².